The van der Waals surface area contributed by atoms with Crippen molar-refractivity contribution in [1.82, 2.24) is 28.9 Å². The fourth-order valence-corrected chi connectivity index (χ4v) is 3.48. The second kappa shape index (κ2) is 7.24. The summed E-state index contributed by atoms with van der Waals surface area (Å²) < 4.78 is 15.8. The van der Waals surface area contributed by atoms with Crippen LogP contribution in [0.2, 0.25) is 0 Å². The van der Waals surface area contributed by atoms with Gasteiger partial charge in [-0.1, -0.05) is 11.6 Å². The number of benzene rings is 1. The Morgan fingerprint density at radius 2 is 2.06 bits per heavy atom. The van der Waals surface area contributed by atoms with Crippen molar-refractivity contribution in [2.45, 2.75) is 20.1 Å². The number of hydrogen-bond acceptors (Lipinski definition) is 7. The number of nitrogens with zero attached hydrogens (tertiary/aromatic N) is 6. The van der Waals surface area contributed by atoms with Gasteiger partial charge in [-0.2, -0.15) is 5.10 Å². The lowest BCUT2D eigenvalue weighted by Gasteiger charge is -2.08. The Labute approximate surface area is 175 Å². The van der Waals surface area contributed by atoms with Crippen LogP contribution in [0, 0.1) is 6.92 Å². The standard InChI is InChI=1S/C21H18N6O4/c1-13-4-6-16-15(10-13)19(28)25(2)21-24-23-18(27(16)21)12-30-20(29)17-7-5-14(31-17)11-26-9-3-8-22-26/h3-10H,11-12H2,1-2H3. The lowest BCUT2D eigenvalue weighted by Crippen LogP contribution is -2.20. The van der Waals surface area contributed by atoms with Gasteiger partial charge in [0.05, 0.1) is 17.4 Å². The Kier molecular flexibility index (Phi) is 4.39. The molecule has 156 valence electrons. The van der Waals surface area contributed by atoms with Gasteiger partial charge in [-0.15, -0.1) is 10.2 Å². The van der Waals surface area contributed by atoms with E-state index in [1.165, 1.54) is 4.57 Å². The number of ether oxygens (including phenoxy) is 1. The zero-order valence-electron chi connectivity index (χ0n) is 16.8. The van der Waals surface area contributed by atoms with Crippen molar-refractivity contribution in [3.8, 4) is 0 Å². The van der Waals surface area contributed by atoms with Crippen molar-refractivity contribution >= 4 is 22.6 Å². The number of hydrogen-bond donors (Lipinski definition) is 0. The molecule has 5 aromatic rings. The number of carbonyl (C=O) groups is 1. The smallest absolute Gasteiger partial charge is 0.374 e. The molecular weight excluding hydrogens is 400 g/mol. The van der Waals surface area contributed by atoms with Gasteiger partial charge in [0.25, 0.3) is 5.56 Å². The molecule has 0 spiro atoms. The van der Waals surface area contributed by atoms with E-state index in [2.05, 4.69) is 15.3 Å². The van der Waals surface area contributed by atoms with E-state index in [9.17, 15) is 9.59 Å². The molecule has 0 bridgehead atoms. The fourth-order valence-electron chi connectivity index (χ4n) is 3.48. The summed E-state index contributed by atoms with van der Waals surface area (Å²) in [6.45, 7) is 2.20. The third-order valence-corrected chi connectivity index (χ3v) is 5.01. The summed E-state index contributed by atoms with van der Waals surface area (Å²) in [5.74, 6) is 0.820. The lowest BCUT2D eigenvalue weighted by molar-refractivity contribution is 0.0422. The molecule has 4 aromatic heterocycles. The van der Waals surface area contributed by atoms with Gasteiger partial charge in [-0.3, -0.25) is 18.4 Å². The first-order valence-corrected chi connectivity index (χ1v) is 9.58. The fraction of sp³-hybridized carbons (Fsp3) is 0.190. The van der Waals surface area contributed by atoms with Crippen molar-refractivity contribution in [3.63, 3.8) is 0 Å². The molecule has 0 aliphatic heterocycles. The minimum absolute atomic E-state index is 0.0869. The van der Waals surface area contributed by atoms with E-state index < -0.39 is 5.97 Å². The zero-order valence-corrected chi connectivity index (χ0v) is 16.8. The second-order valence-electron chi connectivity index (χ2n) is 7.18. The highest BCUT2D eigenvalue weighted by molar-refractivity contribution is 5.86. The summed E-state index contributed by atoms with van der Waals surface area (Å²) in [5, 5.41) is 12.9. The minimum Gasteiger partial charge on any atom is -0.452 e. The molecule has 0 N–H and O–H groups in total. The van der Waals surface area contributed by atoms with Crippen molar-refractivity contribution in [1.29, 1.82) is 0 Å². The summed E-state index contributed by atoms with van der Waals surface area (Å²) >= 11 is 0. The van der Waals surface area contributed by atoms with Gasteiger partial charge in [0.2, 0.25) is 11.5 Å². The highest BCUT2D eigenvalue weighted by atomic mass is 16.5. The van der Waals surface area contributed by atoms with Crippen molar-refractivity contribution in [2.24, 2.45) is 7.05 Å². The SMILES string of the molecule is Cc1ccc2c(c1)c(=O)n(C)c1nnc(COC(=O)c3ccc(Cn4cccn4)o3)n21. The predicted octanol–water partition coefficient (Wildman–Crippen LogP) is 2.08. The van der Waals surface area contributed by atoms with Crippen molar-refractivity contribution < 1.29 is 13.9 Å². The second-order valence-corrected chi connectivity index (χ2v) is 7.18. The molecule has 0 amide bonds. The van der Waals surface area contributed by atoms with Gasteiger partial charge >= 0.3 is 5.97 Å². The summed E-state index contributed by atoms with van der Waals surface area (Å²) in [4.78, 5) is 25.1. The Morgan fingerprint density at radius 1 is 1.19 bits per heavy atom. The van der Waals surface area contributed by atoms with Crippen LogP contribution < -0.4 is 5.56 Å². The molecule has 10 heteroatoms. The first kappa shape index (κ1) is 18.8. The van der Waals surface area contributed by atoms with Crippen LogP contribution in [0.4, 0.5) is 0 Å². The van der Waals surface area contributed by atoms with Crippen LogP contribution in [0.5, 0.6) is 0 Å². The van der Waals surface area contributed by atoms with E-state index in [4.69, 9.17) is 9.15 Å². The monoisotopic (exact) mass is 418 g/mol. The largest absolute Gasteiger partial charge is 0.452 e. The Bertz CT molecular complexity index is 1480. The topological polar surface area (TPSA) is 109 Å². The number of rotatable bonds is 5. The molecular formula is C21H18N6O4. The van der Waals surface area contributed by atoms with E-state index in [0.29, 0.717) is 34.8 Å². The maximum absolute atomic E-state index is 12.6. The van der Waals surface area contributed by atoms with Gasteiger partial charge in [-0.25, -0.2) is 4.79 Å². The normalized spacial score (nSPS) is 11.4. The van der Waals surface area contributed by atoms with Gasteiger partial charge < -0.3 is 9.15 Å². The molecule has 0 fully saturated rings. The Morgan fingerprint density at radius 3 is 2.87 bits per heavy atom. The molecule has 0 aliphatic carbocycles. The number of aromatic nitrogens is 6. The predicted molar refractivity (Wildman–Crippen MR) is 110 cm³/mol. The summed E-state index contributed by atoms with van der Waals surface area (Å²) in [6, 6.07) is 10.6. The van der Waals surface area contributed by atoms with E-state index in [0.717, 1.165) is 5.56 Å². The number of esters is 1. The first-order chi connectivity index (χ1) is 15.0. The van der Waals surface area contributed by atoms with Crippen LogP contribution in [0.15, 0.2) is 58.0 Å². The molecule has 0 radical (unpaired) electrons. The summed E-state index contributed by atoms with van der Waals surface area (Å²) in [7, 11) is 1.63. The first-order valence-electron chi connectivity index (χ1n) is 9.58. The highest BCUT2D eigenvalue weighted by Gasteiger charge is 2.18. The van der Waals surface area contributed by atoms with Crippen LogP contribution in [0.25, 0.3) is 16.7 Å². The number of furan rings is 1. The molecule has 0 aliphatic rings. The molecule has 31 heavy (non-hydrogen) atoms. The van der Waals surface area contributed by atoms with Gasteiger partial charge in [0.15, 0.2) is 12.4 Å². The lowest BCUT2D eigenvalue weighted by atomic mass is 10.1. The Hall–Kier alpha value is -4.21. The molecule has 0 saturated heterocycles. The average Bonchev–Trinajstić information content (AvgIpc) is 3.52. The molecule has 0 unspecified atom stereocenters. The maximum Gasteiger partial charge on any atom is 0.374 e. The third kappa shape index (κ3) is 3.27. The molecule has 0 saturated carbocycles. The summed E-state index contributed by atoms with van der Waals surface area (Å²) in [5.41, 5.74) is 1.45. The van der Waals surface area contributed by atoms with Crippen LogP contribution in [0.1, 0.15) is 27.7 Å². The van der Waals surface area contributed by atoms with Crippen molar-refractivity contribution in [2.75, 3.05) is 0 Å². The van der Waals surface area contributed by atoms with Gasteiger partial charge in [0.1, 0.15) is 5.76 Å². The maximum atomic E-state index is 12.6. The van der Waals surface area contributed by atoms with Gasteiger partial charge in [0, 0.05) is 19.4 Å². The van der Waals surface area contributed by atoms with E-state index in [1.807, 2.05) is 31.2 Å². The van der Waals surface area contributed by atoms with E-state index in [1.54, 1.807) is 40.7 Å². The van der Waals surface area contributed by atoms with Crippen LogP contribution in [0.3, 0.4) is 0 Å². The van der Waals surface area contributed by atoms with E-state index in [-0.39, 0.29) is 17.9 Å². The minimum atomic E-state index is -0.617. The van der Waals surface area contributed by atoms with Gasteiger partial charge in [-0.05, 0) is 37.3 Å². The zero-order chi connectivity index (χ0) is 21.5. The molecule has 0 atom stereocenters. The number of fused-ring (bicyclic) bond motifs is 3. The van der Waals surface area contributed by atoms with Crippen LogP contribution in [-0.2, 0) is 24.9 Å². The third-order valence-electron chi connectivity index (χ3n) is 5.01. The van der Waals surface area contributed by atoms with E-state index >= 15 is 0 Å². The molecule has 10 nitrogen and oxygen atoms in total. The molecule has 5 rings (SSSR count). The van der Waals surface area contributed by atoms with Crippen LogP contribution >= 0.6 is 0 Å². The number of carbonyl (C=O) groups excluding carboxylic acids is 1. The number of aryl methyl sites for hydroxylation is 2. The Balaban J connectivity index is 1.41. The van der Waals surface area contributed by atoms with Crippen LogP contribution in [-0.4, -0.2) is 34.9 Å². The highest BCUT2D eigenvalue weighted by Crippen LogP contribution is 2.17. The average molecular weight is 418 g/mol. The quantitative estimate of drug-likeness (QED) is 0.402. The summed E-state index contributed by atoms with van der Waals surface area (Å²) in [6.07, 6.45) is 3.47. The molecule has 4 heterocycles. The molecule has 1 aromatic carbocycles. The van der Waals surface area contributed by atoms with Crippen molar-refractivity contribution in [3.05, 3.63) is 82.1 Å².